The summed E-state index contributed by atoms with van der Waals surface area (Å²) in [5.74, 6) is -1.48. The summed E-state index contributed by atoms with van der Waals surface area (Å²) < 4.78 is 5.42. The fraction of sp³-hybridized carbons (Fsp3) is 0.103. The van der Waals surface area contributed by atoms with Crippen LogP contribution in [0, 0.1) is 0 Å². The number of nitrogens with two attached hydrogens (primary N) is 1. The molecule has 1 aliphatic carbocycles. The molecule has 37 heavy (non-hydrogen) atoms. The van der Waals surface area contributed by atoms with Crippen LogP contribution in [0.1, 0.15) is 44.0 Å². The zero-order valence-corrected chi connectivity index (χ0v) is 19.7. The number of benzene rings is 3. The van der Waals surface area contributed by atoms with Crippen LogP contribution in [-0.4, -0.2) is 34.5 Å². The maximum absolute atomic E-state index is 13.3. The van der Waals surface area contributed by atoms with Crippen LogP contribution < -0.4 is 11.1 Å². The molecule has 0 aliphatic heterocycles. The van der Waals surface area contributed by atoms with Crippen molar-refractivity contribution in [2.45, 2.75) is 12.8 Å². The maximum atomic E-state index is 13.3. The SMILES string of the molecule is NC(=O)c1ccc(NC(=O)COC(=O)c2c3c(nc4ccccc24)C(=Cc2ccc(O)cc2)CC3)cc1. The lowest BCUT2D eigenvalue weighted by molar-refractivity contribution is -0.119. The summed E-state index contributed by atoms with van der Waals surface area (Å²) in [5, 5.41) is 12.9. The molecule has 2 amide bonds. The minimum absolute atomic E-state index is 0.190. The highest BCUT2D eigenvalue weighted by Gasteiger charge is 2.28. The molecule has 3 aromatic carbocycles. The summed E-state index contributed by atoms with van der Waals surface area (Å²) in [7, 11) is 0. The Bertz CT molecular complexity index is 1560. The number of carbonyl (C=O) groups excluding carboxylic acids is 3. The first kappa shape index (κ1) is 23.7. The van der Waals surface area contributed by atoms with E-state index in [-0.39, 0.29) is 5.75 Å². The quantitative estimate of drug-likeness (QED) is 0.343. The van der Waals surface area contributed by atoms with Gasteiger partial charge in [0, 0.05) is 16.6 Å². The van der Waals surface area contributed by atoms with E-state index in [0.717, 1.165) is 22.4 Å². The molecule has 8 heteroatoms. The van der Waals surface area contributed by atoms with Crippen molar-refractivity contribution < 1.29 is 24.2 Å². The number of hydrogen-bond donors (Lipinski definition) is 3. The summed E-state index contributed by atoms with van der Waals surface area (Å²) in [5.41, 5.74) is 10.5. The number of para-hydroxylation sites is 1. The van der Waals surface area contributed by atoms with Gasteiger partial charge in [0.1, 0.15) is 5.75 Å². The number of phenolic OH excluding ortho intramolecular Hbond substituents is 1. The number of nitrogens with zero attached hydrogens (tertiary/aromatic N) is 1. The van der Waals surface area contributed by atoms with Crippen LogP contribution >= 0.6 is 0 Å². The van der Waals surface area contributed by atoms with Gasteiger partial charge in [-0.3, -0.25) is 9.59 Å². The second kappa shape index (κ2) is 9.94. The number of nitrogens with one attached hydrogen (secondary N) is 1. The smallest absolute Gasteiger partial charge is 0.339 e. The van der Waals surface area contributed by atoms with Gasteiger partial charge in [0.2, 0.25) is 5.91 Å². The molecule has 0 radical (unpaired) electrons. The molecule has 4 aromatic rings. The summed E-state index contributed by atoms with van der Waals surface area (Å²) >= 11 is 0. The third kappa shape index (κ3) is 5.04. The minimum Gasteiger partial charge on any atom is -0.508 e. The molecule has 1 aliphatic rings. The van der Waals surface area contributed by atoms with Gasteiger partial charge in [0.25, 0.3) is 5.91 Å². The number of aromatic hydroxyl groups is 1. The second-order valence-electron chi connectivity index (χ2n) is 8.66. The van der Waals surface area contributed by atoms with E-state index in [1.165, 1.54) is 12.1 Å². The molecule has 184 valence electrons. The van der Waals surface area contributed by atoms with E-state index < -0.39 is 24.4 Å². The number of rotatable bonds is 6. The molecule has 1 aromatic heterocycles. The number of esters is 1. The van der Waals surface area contributed by atoms with Gasteiger partial charge in [0.15, 0.2) is 6.61 Å². The summed E-state index contributed by atoms with van der Waals surface area (Å²) in [6.07, 6.45) is 3.31. The van der Waals surface area contributed by atoms with E-state index in [2.05, 4.69) is 5.32 Å². The van der Waals surface area contributed by atoms with Crippen molar-refractivity contribution in [1.82, 2.24) is 4.98 Å². The number of fused-ring (bicyclic) bond motifs is 2. The van der Waals surface area contributed by atoms with Crippen LogP contribution in [0.5, 0.6) is 5.75 Å². The van der Waals surface area contributed by atoms with E-state index in [1.54, 1.807) is 24.3 Å². The van der Waals surface area contributed by atoms with Crippen molar-refractivity contribution in [2.24, 2.45) is 5.73 Å². The Morgan fingerprint density at radius 2 is 1.70 bits per heavy atom. The Kier molecular flexibility index (Phi) is 6.38. The Balaban J connectivity index is 1.39. The van der Waals surface area contributed by atoms with Gasteiger partial charge in [-0.15, -0.1) is 0 Å². The Labute approximate surface area is 212 Å². The largest absolute Gasteiger partial charge is 0.508 e. The van der Waals surface area contributed by atoms with Crippen LogP contribution in [0.3, 0.4) is 0 Å². The van der Waals surface area contributed by atoms with Crippen LogP contribution in [0.25, 0.3) is 22.6 Å². The number of anilines is 1. The fourth-order valence-corrected chi connectivity index (χ4v) is 4.40. The van der Waals surface area contributed by atoms with Crippen LogP contribution in [-0.2, 0) is 16.0 Å². The van der Waals surface area contributed by atoms with Gasteiger partial charge in [-0.2, -0.15) is 0 Å². The molecular formula is C29H23N3O5. The molecule has 0 bridgehead atoms. The predicted octanol–water partition coefficient (Wildman–Crippen LogP) is 4.32. The number of phenols is 1. The molecule has 0 saturated carbocycles. The molecule has 0 saturated heterocycles. The molecule has 0 spiro atoms. The third-order valence-electron chi connectivity index (χ3n) is 6.17. The van der Waals surface area contributed by atoms with Gasteiger partial charge >= 0.3 is 5.97 Å². The number of amides is 2. The minimum atomic E-state index is -0.597. The molecule has 4 N–H and O–H groups in total. The zero-order chi connectivity index (χ0) is 25.9. The van der Waals surface area contributed by atoms with Crippen molar-refractivity contribution in [2.75, 3.05) is 11.9 Å². The van der Waals surface area contributed by atoms with Crippen molar-refractivity contribution in [3.05, 3.63) is 101 Å². The number of hydrogen-bond acceptors (Lipinski definition) is 6. The van der Waals surface area contributed by atoms with Crippen molar-refractivity contribution in [3.63, 3.8) is 0 Å². The Morgan fingerprint density at radius 1 is 0.973 bits per heavy atom. The number of ether oxygens (including phenoxy) is 1. The number of primary amides is 1. The number of allylic oxidation sites excluding steroid dienone is 1. The third-order valence-corrected chi connectivity index (χ3v) is 6.17. The van der Waals surface area contributed by atoms with Crippen LogP contribution in [0.4, 0.5) is 5.69 Å². The molecule has 0 fully saturated rings. The van der Waals surface area contributed by atoms with Gasteiger partial charge in [0.05, 0.1) is 16.8 Å². The Hall–Kier alpha value is -4.98. The topological polar surface area (TPSA) is 132 Å². The van der Waals surface area contributed by atoms with Crippen LogP contribution in [0.15, 0.2) is 72.8 Å². The molecule has 8 nitrogen and oxygen atoms in total. The molecular weight excluding hydrogens is 470 g/mol. The van der Waals surface area contributed by atoms with E-state index in [9.17, 15) is 19.5 Å². The van der Waals surface area contributed by atoms with Crippen molar-refractivity contribution in [3.8, 4) is 5.75 Å². The average molecular weight is 494 g/mol. The predicted molar refractivity (Wildman–Crippen MR) is 140 cm³/mol. The highest BCUT2D eigenvalue weighted by Crippen LogP contribution is 2.38. The first-order chi connectivity index (χ1) is 17.9. The summed E-state index contributed by atoms with van der Waals surface area (Å²) in [6, 6.07) is 20.3. The second-order valence-corrected chi connectivity index (χ2v) is 8.66. The number of carbonyl (C=O) groups is 3. The fourth-order valence-electron chi connectivity index (χ4n) is 4.40. The molecule has 0 unspecified atom stereocenters. The summed E-state index contributed by atoms with van der Waals surface area (Å²) in [4.78, 5) is 41.7. The highest BCUT2D eigenvalue weighted by molar-refractivity contribution is 6.08. The first-order valence-corrected chi connectivity index (χ1v) is 11.7. The molecule has 1 heterocycles. The summed E-state index contributed by atoms with van der Waals surface area (Å²) in [6.45, 7) is -0.474. The van der Waals surface area contributed by atoms with Gasteiger partial charge < -0.3 is 20.9 Å². The number of pyridine rings is 1. The van der Waals surface area contributed by atoms with E-state index in [1.807, 2.05) is 42.5 Å². The number of aromatic nitrogens is 1. The average Bonchev–Trinajstić information content (AvgIpc) is 3.29. The van der Waals surface area contributed by atoms with E-state index in [4.69, 9.17) is 15.5 Å². The van der Waals surface area contributed by atoms with Gasteiger partial charge in [-0.1, -0.05) is 30.3 Å². The maximum Gasteiger partial charge on any atom is 0.339 e. The van der Waals surface area contributed by atoms with Gasteiger partial charge in [-0.05, 0) is 78.1 Å². The molecule has 5 rings (SSSR count). The lowest BCUT2D eigenvalue weighted by atomic mass is 10.0. The first-order valence-electron chi connectivity index (χ1n) is 11.7. The monoisotopic (exact) mass is 493 g/mol. The van der Waals surface area contributed by atoms with Crippen LogP contribution in [0.2, 0.25) is 0 Å². The highest BCUT2D eigenvalue weighted by atomic mass is 16.5. The zero-order valence-electron chi connectivity index (χ0n) is 19.7. The molecule has 0 atom stereocenters. The lowest BCUT2D eigenvalue weighted by Gasteiger charge is -2.12. The van der Waals surface area contributed by atoms with E-state index in [0.29, 0.717) is 40.6 Å². The standard InChI is InChI=1S/C29H23N3O5/c30-28(35)18-7-10-20(11-8-18)31-25(34)16-37-29(36)26-22-3-1-2-4-24(22)32-27-19(9-14-23(26)27)15-17-5-12-21(33)13-6-17/h1-8,10-13,15,33H,9,14,16H2,(H2,30,35)(H,31,34). The van der Waals surface area contributed by atoms with Crippen molar-refractivity contribution in [1.29, 1.82) is 0 Å². The van der Waals surface area contributed by atoms with Crippen molar-refractivity contribution >= 4 is 46.0 Å². The Morgan fingerprint density at radius 3 is 2.43 bits per heavy atom. The van der Waals surface area contributed by atoms with Gasteiger partial charge in [-0.25, -0.2) is 9.78 Å². The van der Waals surface area contributed by atoms with E-state index >= 15 is 0 Å². The lowest BCUT2D eigenvalue weighted by Crippen LogP contribution is -2.22. The normalized spacial score (nSPS) is 13.4.